The van der Waals surface area contributed by atoms with Crippen LogP contribution in [0, 0.1) is 17.6 Å². The summed E-state index contributed by atoms with van der Waals surface area (Å²) in [5.74, 6) is -7.36. The Morgan fingerprint density at radius 2 is 2.09 bits per heavy atom. The number of piperidine rings is 1. The molecule has 4 rings (SSSR count). The smallest absolute Gasteiger partial charge is 0.321 e. The Kier molecular flexibility index (Phi) is 5.87. The molecular weight excluding hydrogens is 456 g/mol. The number of amides is 2. The van der Waals surface area contributed by atoms with Crippen molar-refractivity contribution in [1.82, 2.24) is 14.9 Å². The number of nitrogens with one attached hydrogen (secondary N) is 2. The monoisotopic (exact) mass is 472 g/mol. The van der Waals surface area contributed by atoms with Crippen LogP contribution in [-0.2, 0) is 0 Å². The van der Waals surface area contributed by atoms with Gasteiger partial charge in [-0.15, -0.1) is 0 Å². The van der Waals surface area contributed by atoms with Crippen molar-refractivity contribution >= 4 is 34.4 Å². The summed E-state index contributed by atoms with van der Waals surface area (Å²) < 4.78 is 62.1. The van der Waals surface area contributed by atoms with Crippen LogP contribution >= 0.6 is 11.6 Å². The van der Waals surface area contributed by atoms with Crippen LogP contribution in [0.25, 0.3) is 11.0 Å². The van der Waals surface area contributed by atoms with Gasteiger partial charge in [0.05, 0.1) is 22.9 Å². The summed E-state index contributed by atoms with van der Waals surface area (Å²) in [6, 6.07) is 2.26. The van der Waals surface area contributed by atoms with Crippen molar-refractivity contribution in [1.29, 1.82) is 0 Å². The number of rotatable bonds is 4. The SMILES string of the molecule is O=C(Nc1cc(F)c(Oc2ccnc3[nH]cc(Cl)c23)c(F)c1)N1CCC(F)(F)C(CO)C1. The summed E-state index contributed by atoms with van der Waals surface area (Å²) in [5.41, 5.74) is 0.139. The number of alkyl halides is 2. The van der Waals surface area contributed by atoms with Gasteiger partial charge in [0.15, 0.2) is 17.4 Å². The Morgan fingerprint density at radius 1 is 1.38 bits per heavy atom. The number of nitrogens with zero attached hydrogens (tertiary/aromatic N) is 2. The quantitative estimate of drug-likeness (QED) is 0.477. The second-order valence-corrected chi connectivity index (χ2v) is 7.71. The van der Waals surface area contributed by atoms with E-state index in [1.54, 1.807) is 0 Å². The summed E-state index contributed by atoms with van der Waals surface area (Å²) in [6.07, 6.45) is 2.20. The average molecular weight is 473 g/mol. The van der Waals surface area contributed by atoms with E-state index in [9.17, 15) is 22.4 Å². The number of benzene rings is 1. The number of aromatic amines is 1. The lowest BCUT2D eigenvalue weighted by molar-refractivity contribution is -0.111. The number of pyridine rings is 1. The van der Waals surface area contributed by atoms with E-state index in [2.05, 4.69) is 15.3 Å². The fraction of sp³-hybridized carbons (Fsp3) is 0.300. The van der Waals surface area contributed by atoms with E-state index >= 15 is 0 Å². The number of hydrogen-bond acceptors (Lipinski definition) is 4. The van der Waals surface area contributed by atoms with Crippen molar-refractivity contribution in [2.24, 2.45) is 5.92 Å². The maximum atomic E-state index is 14.6. The van der Waals surface area contributed by atoms with E-state index in [0.29, 0.717) is 11.0 Å². The van der Waals surface area contributed by atoms with E-state index in [1.165, 1.54) is 18.5 Å². The van der Waals surface area contributed by atoms with E-state index in [4.69, 9.17) is 21.4 Å². The number of aliphatic hydroxyl groups excluding tert-OH is 1. The molecule has 2 amide bonds. The van der Waals surface area contributed by atoms with Gasteiger partial charge in [0.25, 0.3) is 5.92 Å². The molecule has 170 valence electrons. The van der Waals surface area contributed by atoms with Gasteiger partial charge in [-0.05, 0) is 6.07 Å². The van der Waals surface area contributed by atoms with Crippen LogP contribution < -0.4 is 10.1 Å². The second kappa shape index (κ2) is 8.47. The van der Waals surface area contributed by atoms with Gasteiger partial charge in [0, 0.05) is 49.7 Å². The molecule has 1 unspecified atom stereocenters. The fourth-order valence-corrected chi connectivity index (χ4v) is 3.71. The molecule has 0 bridgehead atoms. The molecule has 1 fully saturated rings. The number of anilines is 1. The van der Waals surface area contributed by atoms with Crippen LogP contribution in [0.4, 0.5) is 28.0 Å². The number of aliphatic hydroxyl groups is 1. The Bertz CT molecular complexity index is 1150. The molecule has 1 aromatic carbocycles. The van der Waals surface area contributed by atoms with Crippen molar-refractivity contribution in [3.63, 3.8) is 0 Å². The molecule has 3 aromatic rings. The van der Waals surface area contributed by atoms with Gasteiger partial charge in [-0.1, -0.05) is 11.6 Å². The lowest BCUT2D eigenvalue weighted by atomic mass is 9.94. The van der Waals surface area contributed by atoms with Crippen molar-refractivity contribution in [2.45, 2.75) is 12.3 Å². The van der Waals surface area contributed by atoms with E-state index in [-0.39, 0.29) is 23.0 Å². The van der Waals surface area contributed by atoms with E-state index in [1.807, 2.05) is 0 Å². The van der Waals surface area contributed by atoms with E-state index < -0.39 is 54.8 Å². The highest BCUT2D eigenvalue weighted by atomic mass is 35.5. The molecule has 3 heterocycles. The van der Waals surface area contributed by atoms with Crippen LogP contribution in [0.5, 0.6) is 11.5 Å². The predicted octanol–water partition coefficient (Wildman–Crippen LogP) is 4.77. The molecule has 3 N–H and O–H groups in total. The Morgan fingerprint density at radius 3 is 2.78 bits per heavy atom. The van der Waals surface area contributed by atoms with Gasteiger partial charge in [-0.3, -0.25) is 0 Å². The first kappa shape index (κ1) is 22.2. The van der Waals surface area contributed by atoms with Gasteiger partial charge < -0.3 is 25.0 Å². The standard InChI is InChI=1S/C20H17ClF4N4O3/c21-12-7-27-18-16(12)15(1-3-26-18)32-17-13(22)5-11(6-14(17)23)28-19(31)29-4-2-20(24,25)10(8-29)9-30/h1,3,5-7,10,30H,2,4,8-9H2,(H,26,27)(H,28,31). The van der Waals surface area contributed by atoms with Gasteiger partial charge in [0.2, 0.25) is 0 Å². The molecule has 32 heavy (non-hydrogen) atoms. The summed E-state index contributed by atoms with van der Waals surface area (Å²) in [5, 5.41) is 12.0. The minimum absolute atomic E-state index is 0.0696. The molecule has 0 radical (unpaired) electrons. The summed E-state index contributed by atoms with van der Waals surface area (Å²) in [4.78, 5) is 20.3. The number of likely N-dealkylation sites (tertiary alicyclic amines) is 1. The fourth-order valence-electron chi connectivity index (χ4n) is 3.47. The third kappa shape index (κ3) is 4.17. The third-order valence-electron chi connectivity index (χ3n) is 5.21. The highest BCUT2D eigenvalue weighted by molar-refractivity contribution is 6.36. The first-order valence-electron chi connectivity index (χ1n) is 9.52. The number of urea groups is 1. The molecule has 1 saturated heterocycles. The number of H-pyrrole nitrogens is 1. The number of aromatic nitrogens is 2. The molecular formula is C20H17ClF4N4O3. The topological polar surface area (TPSA) is 90.5 Å². The molecule has 2 aromatic heterocycles. The lowest BCUT2D eigenvalue weighted by Gasteiger charge is -2.37. The minimum Gasteiger partial charge on any atom is -0.450 e. The highest BCUT2D eigenvalue weighted by Gasteiger charge is 2.44. The molecule has 0 saturated carbocycles. The number of halogens is 5. The molecule has 1 aliphatic rings. The van der Waals surface area contributed by atoms with Crippen LogP contribution in [0.3, 0.4) is 0 Å². The first-order chi connectivity index (χ1) is 15.2. The number of ether oxygens (including phenoxy) is 1. The maximum Gasteiger partial charge on any atom is 0.321 e. The second-order valence-electron chi connectivity index (χ2n) is 7.31. The maximum absolute atomic E-state index is 14.6. The summed E-state index contributed by atoms with van der Waals surface area (Å²) in [7, 11) is 0. The molecule has 12 heteroatoms. The molecule has 1 atom stereocenters. The van der Waals surface area contributed by atoms with Crippen LogP contribution in [0.1, 0.15) is 6.42 Å². The normalized spacial score (nSPS) is 18.1. The number of carbonyl (C=O) groups is 1. The molecule has 7 nitrogen and oxygen atoms in total. The minimum atomic E-state index is -3.09. The Hall–Kier alpha value is -3.05. The van der Waals surface area contributed by atoms with Gasteiger partial charge in [0.1, 0.15) is 11.4 Å². The van der Waals surface area contributed by atoms with Gasteiger partial charge in [-0.2, -0.15) is 0 Å². The number of hydrogen-bond donors (Lipinski definition) is 3. The van der Waals surface area contributed by atoms with Crippen molar-refractivity contribution < 1.29 is 32.2 Å². The van der Waals surface area contributed by atoms with Gasteiger partial charge in [-0.25, -0.2) is 27.3 Å². The largest absolute Gasteiger partial charge is 0.450 e. The Balaban J connectivity index is 1.52. The highest BCUT2D eigenvalue weighted by Crippen LogP contribution is 2.37. The third-order valence-corrected chi connectivity index (χ3v) is 5.51. The average Bonchev–Trinajstić information content (AvgIpc) is 3.12. The summed E-state index contributed by atoms with van der Waals surface area (Å²) in [6.45, 7) is -1.45. The predicted molar refractivity (Wildman–Crippen MR) is 108 cm³/mol. The molecule has 0 aliphatic carbocycles. The Labute approximate surface area is 183 Å². The van der Waals surface area contributed by atoms with Gasteiger partial charge >= 0.3 is 6.03 Å². The van der Waals surface area contributed by atoms with E-state index in [0.717, 1.165) is 17.0 Å². The zero-order chi connectivity index (χ0) is 23.0. The number of fused-ring (bicyclic) bond motifs is 1. The first-order valence-corrected chi connectivity index (χ1v) is 9.90. The molecule has 0 spiro atoms. The summed E-state index contributed by atoms with van der Waals surface area (Å²) >= 11 is 6.06. The van der Waals surface area contributed by atoms with Crippen molar-refractivity contribution in [3.05, 3.63) is 47.2 Å². The number of carbonyl (C=O) groups excluding carboxylic acids is 1. The van der Waals surface area contributed by atoms with Crippen LogP contribution in [-0.4, -0.2) is 51.6 Å². The van der Waals surface area contributed by atoms with Crippen molar-refractivity contribution in [3.8, 4) is 11.5 Å². The lowest BCUT2D eigenvalue weighted by Crippen LogP contribution is -2.51. The van der Waals surface area contributed by atoms with Crippen molar-refractivity contribution in [2.75, 3.05) is 25.0 Å². The zero-order valence-electron chi connectivity index (χ0n) is 16.3. The zero-order valence-corrected chi connectivity index (χ0v) is 17.1. The van der Waals surface area contributed by atoms with Crippen LogP contribution in [0.15, 0.2) is 30.6 Å². The van der Waals surface area contributed by atoms with Crippen LogP contribution in [0.2, 0.25) is 5.02 Å². The molecule has 1 aliphatic heterocycles.